The predicted molar refractivity (Wildman–Crippen MR) is 73.2 cm³/mol. The average molecular weight is 254 g/mol. The van der Waals surface area contributed by atoms with Gasteiger partial charge in [-0.1, -0.05) is 6.07 Å². The summed E-state index contributed by atoms with van der Waals surface area (Å²) in [5.41, 5.74) is 3.64. The molecule has 0 spiro atoms. The van der Waals surface area contributed by atoms with Crippen molar-refractivity contribution in [3.63, 3.8) is 0 Å². The second-order valence-corrected chi connectivity index (χ2v) is 4.48. The van der Waals surface area contributed by atoms with E-state index in [9.17, 15) is 4.79 Å². The summed E-state index contributed by atoms with van der Waals surface area (Å²) in [6.07, 6.45) is 6.64. The van der Waals surface area contributed by atoms with Crippen LogP contribution in [0.25, 0.3) is 0 Å². The number of fused-ring (bicyclic) bond motifs is 1. The van der Waals surface area contributed by atoms with Crippen molar-refractivity contribution in [3.05, 3.63) is 48.0 Å². The van der Waals surface area contributed by atoms with E-state index in [1.165, 1.54) is 24.3 Å². The smallest absolute Gasteiger partial charge is 0.258 e. The molecule has 0 saturated heterocycles. The van der Waals surface area contributed by atoms with Crippen molar-refractivity contribution in [1.29, 1.82) is 0 Å². The van der Waals surface area contributed by atoms with Crippen molar-refractivity contribution < 1.29 is 4.79 Å². The van der Waals surface area contributed by atoms with Crippen molar-refractivity contribution in [1.82, 2.24) is 9.97 Å². The first-order valence-corrected chi connectivity index (χ1v) is 6.26. The molecule has 5 heteroatoms. The van der Waals surface area contributed by atoms with Gasteiger partial charge in [-0.15, -0.1) is 0 Å². The van der Waals surface area contributed by atoms with Crippen molar-refractivity contribution >= 4 is 17.3 Å². The lowest BCUT2D eigenvalue weighted by atomic mass is 10.0. The Bertz CT molecular complexity index is 598. The standard InChI is InChI=1S/C14H14N4O/c19-14(11-7-15-9-16-8-11)18-12-4-3-10-2-1-5-17-13(10)6-12/h3-4,6-9,17H,1-2,5H2,(H,18,19). The highest BCUT2D eigenvalue weighted by molar-refractivity contribution is 6.04. The zero-order chi connectivity index (χ0) is 13.1. The summed E-state index contributed by atoms with van der Waals surface area (Å²) in [6, 6.07) is 5.95. The van der Waals surface area contributed by atoms with Crippen LogP contribution in [0.3, 0.4) is 0 Å². The summed E-state index contributed by atoms with van der Waals surface area (Å²) >= 11 is 0. The Balaban J connectivity index is 1.78. The Kier molecular flexibility index (Phi) is 3.10. The lowest BCUT2D eigenvalue weighted by Crippen LogP contribution is -2.15. The fourth-order valence-electron chi connectivity index (χ4n) is 2.16. The topological polar surface area (TPSA) is 66.9 Å². The van der Waals surface area contributed by atoms with E-state index < -0.39 is 0 Å². The van der Waals surface area contributed by atoms with Gasteiger partial charge in [0.15, 0.2) is 0 Å². The van der Waals surface area contributed by atoms with Crippen LogP contribution in [0.5, 0.6) is 0 Å². The molecule has 2 heterocycles. The Hall–Kier alpha value is -2.43. The molecule has 0 bridgehead atoms. The Morgan fingerprint density at radius 2 is 2.11 bits per heavy atom. The van der Waals surface area contributed by atoms with Crippen molar-refractivity contribution in [2.24, 2.45) is 0 Å². The van der Waals surface area contributed by atoms with Gasteiger partial charge in [0.25, 0.3) is 5.91 Å². The Labute approximate surface area is 111 Å². The van der Waals surface area contributed by atoms with Crippen LogP contribution < -0.4 is 10.6 Å². The largest absolute Gasteiger partial charge is 0.385 e. The van der Waals surface area contributed by atoms with Gasteiger partial charge in [0.05, 0.1) is 5.56 Å². The maximum Gasteiger partial charge on any atom is 0.258 e. The molecule has 0 atom stereocenters. The molecule has 0 saturated carbocycles. The first-order chi connectivity index (χ1) is 9.33. The Morgan fingerprint density at radius 1 is 1.26 bits per heavy atom. The first-order valence-electron chi connectivity index (χ1n) is 6.26. The van der Waals surface area contributed by atoms with Gasteiger partial charge in [-0.05, 0) is 30.5 Å². The van der Waals surface area contributed by atoms with E-state index in [1.54, 1.807) is 0 Å². The zero-order valence-electron chi connectivity index (χ0n) is 10.4. The monoisotopic (exact) mass is 254 g/mol. The van der Waals surface area contributed by atoms with Gasteiger partial charge < -0.3 is 10.6 Å². The number of amides is 1. The highest BCUT2D eigenvalue weighted by Gasteiger charge is 2.11. The van der Waals surface area contributed by atoms with Crippen LogP contribution in [-0.2, 0) is 6.42 Å². The van der Waals surface area contributed by atoms with E-state index in [4.69, 9.17) is 0 Å². The van der Waals surface area contributed by atoms with Crippen molar-refractivity contribution in [2.45, 2.75) is 12.8 Å². The van der Waals surface area contributed by atoms with Crippen LogP contribution in [0.1, 0.15) is 22.3 Å². The van der Waals surface area contributed by atoms with E-state index in [0.717, 1.165) is 30.8 Å². The van der Waals surface area contributed by atoms with Crippen LogP contribution in [0, 0.1) is 0 Å². The number of carbonyl (C=O) groups is 1. The van der Waals surface area contributed by atoms with E-state index in [0.29, 0.717) is 5.56 Å². The molecule has 2 N–H and O–H groups in total. The highest BCUT2D eigenvalue weighted by Crippen LogP contribution is 2.25. The molecule has 0 fully saturated rings. The summed E-state index contributed by atoms with van der Waals surface area (Å²) in [6.45, 7) is 0.983. The van der Waals surface area contributed by atoms with Gasteiger partial charge >= 0.3 is 0 Å². The average Bonchev–Trinajstić information content (AvgIpc) is 2.48. The quantitative estimate of drug-likeness (QED) is 0.861. The number of carbonyl (C=O) groups excluding carboxylic acids is 1. The van der Waals surface area contributed by atoms with Gasteiger partial charge in [-0.25, -0.2) is 9.97 Å². The maximum atomic E-state index is 12.0. The molecule has 19 heavy (non-hydrogen) atoms. The fraction of sp³-hybridized carbons (Fsp3) is 0.214. The van der Waals surface area contributed by atoms with Gasteiger partial charge in [0.2, 0.25) is 0 Å². The number of aryl methyl sites for hydroxylation is 1. The number of aromatic nitrogens is 2. The number of nitrogens with zero attached hydrogens (tertiary/aromatic N) is 2. The summed E-state index contributed by atoms with van der Waals surface area (Å²) in [5, 5.41) is 6.19. The summed E-state index contributed by atoms with van der Waals surface area (Å²) in [7, 11) is 0. The van der Waals surface area contributed by atoms with Crippen LogP contribution >= 0.6 is 0 Å². The number of nitrogens with one attached hydrogen (secondary N) is 2. The summed E-state index contributed by atoms with van der Waals surface area (Å²) in [5.74, 6) is -0.198. The number of rotatable bonds is 2. The third-order valence-electron chi connectivity index (χ3n) is 3.13. The van der Waals surface area contributed by atoms with Gasteiger partial charge in [-0.3, -0.25) is 4.79 Å². The van der Waals surface area contributed by atoms with E-state index >= 15 is 0 Å². The SMILES string of the molecule is O=C(Nc1ccc2c(c1)NCCC2)c1cncnc1. The lowest BCUT2D eigenvalue weighted by Gasteiger charge is -2.18. The molecule has 1 aliphatic heterocycles. The molecule has 1 aromatic carbocycles. The third-order valence-corrected chi connectivity index (χ3v) is 3.13. The second kappa shape index (κ2) is 5.06. The minimum Gasteiger partial charge on any atom is -0.385 e. The molecule has 1 aliphatic rings. The maximum absolute atomic E-state index is 12.0. The summed E-state index contributed by atoms with van der Waals surface area (Å²) in [4.78, 5) is 19.6. The molecule has 5 nitrogen and oxygen atoms in total. The minimum absolute atomic E-state index is 0.198. The normalized spacial score (nSPS) is 13.3. The zero-order valence-corrected chi connectivity index (χ0v) is 10.4. The predicted octanol–water partition coefficient (Wildman–Crippen LogP) is 2.09. The van der Waals surface area contributed by atoms with Crippen LogP contribution in [-0.4, -0.2) is 22.4 Å². The van der Waals surface area contributed by atoms with Crippen LogP contribution in [0.15, 0.2) is 36.9 Å². The van der Waals surface area contributed by atoms with E-state index in [2.05, 4.69) is 26.7 Å². The molecule has 96 valence electrons. The van der Waals surface area contributed by atoms with Gasteiger partial charge in [0.1, 0.15) is 6.33 Å². The van der Waals surface area contributed by atoms with E-state index in [-0.39, 0.29) is 5.91 Å². The summed E-state index contributed by atoms with van der Waals surface area (Å²) < 4.78 is 0. The number of benzene rings is 1. The Morgan fingerprint density at radius 3 is 2.95 bits per heavy atom. The second-order valence-electron chi connectivity index (χ2n) is 4.48. The molecule has 1 aromatic heterocycles. The molecule has 0 radical (unpaired) electrons. The lowest BCUT2D eigenvalue weighted by molar-refractivity contribution is 0.102. The van der Waals surface area contributed by atoms with Crippen LogP contribution in [0.2, 0.25) is 0 Å². The van der Waals surface area contributed by atoms with Crippen molar-refractivity contribution in [3.8, 4) is 0 Å². The number of hydrogen-bond acceptors (Lipinski definition) is 4. The van der Waals surface area contributed by atoms with Gasteiger partial charge in [-0.2, -0.15) is 0 Å². The third kappa shape index (κ3) is 2.54. The fourth-order valence-corrected chi connectivity index (χ4v) is 2.16. The van der Waals surface area contributed by atoms with Crippen molar-refractivity contribution in [2.75, 3.05) is 17.2 Å². The molecular weight excluding hydrogens is 240 g/mol. The van der Waals surface area contributed by atoms with E-state index in [1.807, 2.05) is 12.1 Å². The molecule has 1 amide bonds. The molecule has 2 aromatic rings. The number of anilines is 2. The molecular formula is C14H14N4O. The van der Waals surface area contributed by atoms with Crippen LogP contribution in [0.4, 0.5) is 11.4 Å². The minimum atomic E-state index is -0.198. The molecule has 0 aliphatic carbocycles. The molecule has 3 rings (SSSR count). The van der Waals surface area contributed by atoms with Gasteiger partial charge in [0, 0.05) is 30.3 Å². The first kappa shape index (κ1) is 11.6. The number of hydrogen-bond donors (Lipinski definition) is 2. The molecule has 0 unspecified atom stereocenters. The highest BCUT2D eigenvalue weighted by atomic mass is 16.1.